The van der Waals surface area contributed by atoms with E-state index in [1.54, 1.807) is 0 Å². The van der Waals surface area contributed by atoms with Crippen LogP contribution in [0.1, 0.15) is 46.5 Å². The number of likely N-dealkylation sites (N-methyl/N-ethyl adjacent to an activating group) is 1. The predicted octanol–water partition coefficient (Wildman–Crippen LogP) is 2.48. The summed E-state index contributed by atoms with van der Waals surface area (Å²) in [7, 11) is 0. The minimum absolute atomic E-state index is 0.628. The zero-order valence-corrected chi connectivity index (χ0v) is 10.7. The van der Waals surface area contributed by atoms with Gasteiger partial charge in [-0.25, -0.2) is 0 Å². The molecule has 1 aliphatic rings. The van der Waals surface area contributed by atoms with Gasteiger partial charge in [-0.1, -0.05) is 33.6 Å². The van der Waals surface area contributed by atoms with Gasteiger partial charge in [-0.3, -0.25) is 4.90 Å². The van der Waals surface area contributed by atoms with Gasteiger partial charge in [0.05, 0.1) is 0 Å². The van der Waals surface area contributed by atoms with E-state index in [0.29, 0.717) is 6.04 Å². The van der Waals surface area contributed by atoms with Gasteiger partial charge in [-0.2, -0.15) is 0 Å². The maximum atomic E-state index is 5.96. The molecular weight excluding hydrogens is 184 g/mol. The van der Waals surface area contributed by atoms with Gasteiger partial charge in [0.2, 0.25) is 0 Å². The fourth-order valence-corrected chi connectivity index (χ4v) is 3.16. The van der Waals surface area contributed by atoms with Crippen molar-refractivity contribution < 1.29 is 0 Å². The minimum Gasteiger partial charge on any atom is -0.329 e. The summed E-state index contributed by atoms with van der Waals surface area (Å²) >= 11 is 0. The van der Waals surface area contributed by atoms with Crippen LogP contribution in [0.25, 0.3) is 0 Å². The van der Waals surface area contributed by atoms with E-state index in [-0.39, 0.29) is 0 Å². The second-order valence-corrected chi connectivity index (χ2v) is 5.06. The second-order valence-electron chi connectivity index (χ2n) is 5.06. The Bertz CT molecular complexity index is 166. The molecule has 3 unspecified atom stereocenters. The van der Waals surface area contributed by atoms with Crippen molar-refractivity contribution in [1.82, 2.24) is 4.90 Å². The summed E-state index contributed by atoms with van der Waals surface area (Å²) in [6.45, 7) is 10.0. The molecule has 2 nitrogen and oxygen atoms in total. The van der Waals surface area contributed by atoms with Gasteiger partial charge in [-0.05, 0) is 37.8 Å². The van der Waals surface area contributed by atoms with E-state index < -0.39 is 0 Å². The Kier molecular flexibility index (Phi) is 5.62. The van der Waals surface area contributed by atoms with E-state index in [1.165, 1.54) is 25.7 Å². The van der Waals surface area contributed by atoms with Gasteiger partial charge in [0.1, 0.15) is 0 Å². The van der Waals surface area contributed by atoms with Gasteiger partial charge in [0.25, 0.3) is 0 Å². The molecule has 1 fully saturated rings. The van der Waals surface area contributed by atoms with Crippen molar-refractivity contribution in [2.75, 3.05) is 19.6 Å². The number of nitrogens with zero attached hydrogens (tertiary/aromatic N) is 1. The largest absolute Gasteiger partial charge is 0.329 e. The molecule has 1 aliphatic carbocycles. The van der Waals surface area contributed by atoms with Crippen molar-refractivity contribution in [3.05, 3.63) is 0 Å². The highest BCUT2D eigenvalue weighted by Gasteiger charge is 2.28. The highest BCUT2D eigenvalue weighted by atomic mass is 15.2. The van der Waals surface area contributed by atoms with Crippen LogP contribution in [0.4, 0.5) is 0 Å². The Morgan fingerprint density at radius 1 is 1.27 bits per heavy atom. The zero-order valence-electron chi connectivity index (χ0n) is 10.7. The van der Waals surface area contributed by atoms with Gasteiger partial charge < -0.3 is 5.73 Å². The average molecular weight is 212 g/mol. The fourth-order valence-electron chi connectivity index (χ4n) is 3.16. The summed E-state index contributed by atoms with van der Waals surface area (Å²) in [5, 5.41) is 0. The number of rotatable bonds is 5. The zero-order chi connectivity index (χ0) is 11.3. The first kappa shape index (κ1) is 13.0. The van der Waals surface area contributed by atoms with Crippen LogP contribution in [-0.4, -0.2) is 30.6 Å². The summed E-state index contributed by atoms with van der Waals surface area (Å²) in [4.78, 5) is 2.54. The second kappa shape index (κ2) is 6.49. The predicted molar refractivity (Wildman–Crippen MR) is 66.9 cm³/mol. The Balaban J connectivity index is 2.55. The molecule has 2 heteroatoms. The van der Waals surface area contributed by atoms with Crippen LogP contribution in [-0.2, 0) is 0 Å². The van der Waals surface area contributed by atoms with Crippen LogP contribution in [0.3, 0.4) is 0 Å². The highest BCUT2D eigenvalue weighted by molar-refractivity contribution is 4.83. The number of hydrogen-bond acceptors (Lipinski definition) is 2. The molecule has 0 radical (unpaired) electrons. The maximum absolute atomic E-state index is 5.96. The summed E-state index contributed by atoms with van der Waals surface area (Å²) in [6, 6.07) is 0.628. The molecule has 0 aromatic carbocycles. The molecule has 0 spiro atoms. The third kappa shape index (κ3) is 3.46. The molecule has 0 saturated heterocycles. The lowest BCUT2D eigenvalue weighted by Crippen LogP contribution is -2.46. The molecule has 0 bridgehead atoms. The van der Waals surface area contributed by atoms with Crippen molar-refractivity contribution in [2.24, 2.45) is 17.6 Å². The SMILES string of the molecule is CCN(CC)C(CN)C1CCCC(C)C1. The molecule has 90 valence electrons. The standard InChI is InChI=1S/C13H28N2/c1-4-15(5-2)13(10-14)12-8-6-7-11(3)9-12/h11-13H,4-10,14H2,1-3H3. The molecule has 0 aliphatic heterocycles. The van der Waals surface area contributed by atoms with Crippen LogP contribution in [0, 0.1) is 11.8 Å². The van der Waals surface area contributed by atoms with Crippen molar-refractivity contribution in [3.63, 3.8) is 0 Å². The number of hydrogen-bond donors (Lipinski definition) is 1. The Morgan fingerprint density at radius 2 is 1.93 bits per heavy atom. The van der Waals surface area contributed by atoms with Crippen molar-refractivity contribution >= 4 is 0 Å². The summed E-state index contributed by atoms with van der Waals surface area (Å²) in [6.07, 6.45) is 5.61. The van der Waals surface area contributed by atoms with Gasteiger partial charge in [0, 0.05) is 12.6 Å². The first-order valence-electron chi connectivity index (χ1n) is 6.67. The lowest BCUT2D eigenvalue weighted by Gasteiger charge is -2.38. The maximum Gasteiger partial charge on any atom is 0.0246 e. The molecule has 0 heterocycles. The summed E-state index contributed by atoms with van der Waals surface area (Å²) in [5.41, 5.74) is 5.96. The third-order valence-corrected chi connectivity index (χ3v) is 4.04. The van der Waals surface area contributed by atoms with E-state index in [1.807, 2.05) is 0 Å². The van der Waals surface area contributed by atoms with Crippen LogP contribution in [0.15, 0.2) is 0 Å². The Morgan fingerprint density at radius 3 is 2.40 bits per heavy atom. The summed E-state index contributed by atoms with van der Waals surface area (Å²) < 4.78 is 0. The minimum atomic E-state index is 0.628. The molecule has 1 rings (SSSR count). The lowest BCUT2D eigenvalue weighted by atomic mass is 9.78. The summed E-state index contributed by atoms with van der Waals surface area (Å²) in [5.74, 6) is 1.76. The van der Waals surface area contributed by atoms with Gasteiger partial charge >= 0.3 is 0 Å². The van der Waals surface area contributed by atoms with E-state index in [0.717, 1.165) is 31.5 Å². The van der Waals surface area contributed by atoms with E-state index >= 15 is 0 Å². The Hall–Kier alpha value is -0.0800. The first-order chi connectivity index (χ1) is 7.22. The molecule has 1 saturated carbocycles. The monoisotopic (exact) mass is 212 g/mol. The first-order valence-corrected chi connectivity index (χ1v) is 6.67. The molecule has 0 aromatic rings. The highest BCUT2D eigenvalue weighted by Crippen LogP contribution is 2.32. The molecule has 2 N–H and O–H groups in total. The smallest absolute Gasteiger partial charge is 0.0246 e. The quantitative estimate of drug-likeness (QED) is 0.758. The molecule has 15 heavy (non-hydrogen) atoms. The van der Waals surface area contributed by atoms with Gasteiger partial charge in [0.15, 0.2) is 0 Å². The van der Waals surface area contributed by atoms with E-state index in [2.05, 4.69) is 25.7 Å². The van der Waals surface area contributed by atoms with Crippen LogP contribution < -0.4 is 5.73 Å². The van der Waals surface area contributed by atoms with E-state index in [9.17, 15) is 0 Å². The van der Waals surface area contributed by atoms with Gasteiger partial charge in [-0.15, -0.1) is 0 Å². The molecule has 3 atom stereocenters. The van der Waals surface area contributed by atoms with Crippen LogP contribution >= 0.6 is 0 Å². The normalized spacial score (nSPS) is 29.4. The van der Waals surface area contributed by atoms with E-state index in [4.69, 9.17) is 5.73 Å². The lowest BCUT2D eigenvalue weighted by molar-refractivity contribution is 0.117. The average Bonchev–Trinajstić information content (AvgIpc) is 2.25. The van der Waals surface area contributed by atoms with Crippen molar-refractivity contribution in [3.8, 4) is 0 Å². The fraction of sp³-hybridized carbons (Fsp3) is 1.00. The van der Waals surface area contributed by atoms with Crippen molar-refractivity contribution in [1.29, 1.82) is 0 Å². The number of nitrogens with two attached hydrogens (primary N) is 1. The third-order valence-electron chi connectivity index (χ3n) is 4.04. The van der Waals surface area contributed by atoms with Crippen LogP contribution in [0.5, 0.6) is 0 Å². The van der Waals surface area contributed by atoms with Crippen molar-refractivity contribution in [2.45, 2.75) is 52.5 Å². The molecule has 0 amide bonds. The van der Waals surface area contributed by atoms with Crippen LogP contribution in [0.2, 0.25) is 0 Å². The topological polar surface area (TPSA) is 29.3 Å². The Labute approximate surface area is 95.2 Å². The molecule has 0 aromatic heterocycles. The molecular formula is C13H28N2.